The molecule has 2 rings (SSSR count). The zero-order valence-corrected chi connectivity index (χ0v) is 26.9. The predicted molar refractivity (Wildman–Crippen MR) is 166 cm³/mol. The number of carbonyl (C=O) groups excluding carboxylic acids is 4. The lowest BCUT2D eigenvalue weighted by Crippen LogP contribution is -2.59. The number of nitrogens with one attached hydrogen (secondary N) is 1. The maximum absolute atomic E-state index is 14.2. The van der Waals surface area contributed by atoms with E-state index in [9.17, 15) is 29.4 Å². The third kappa shape index (κ3) is 9.44. The topological polar surface area (TPSA) is 146 Å². The summed E-state index contributed by atoms with van der Waals surface area (Å²) in [5.74, 6) is -2.32. The van der Waals surface area contributed by atoms with Gasteiger partial charge in [0.1, 0.15) is 35.7 Å². The van der Waals surface area contributed by atoms with Crippen LogP contribution in [0.1, 0.15) is 45.2 Å². The van der Waals surface area contributed by atoms with Crippen molar-refractivity contribution in [3.8, 4) is 11.5 Å². The molecule has 2 aromatic rings. The lowest BCUT2D eigenvalue weighted by molar-refractivity contribution is -0.155. The van der Waals surface area contributed by atoms with Crippen molar-refractivity contribution in [3.63, 3.8) is 0 Å². The lowest BCUT2D eigenvalue weighted by atomic mass is 9.97. The van der Waals surface area contributed by atoms with E-state index < -0.39 is 47.9 Å². The zero-order chi connectivity index (χ0) is 33.1. The highest BCUT2D eigenvalue weighted by molar-refractivity contribution is 5.94. The zero-order valence-electron chi connectivity index (χ0n) is 26.9. The summed E-state index contributed by atoms with van der Waals surface area (Å²) < 4.78 is 10.3. The van der Waals surface area contributed by atoms with Crippen LogP contribution in [0.25, 0.3) is 0 Å². The Kier molecular flexibility index (Phi) is 13.7. The first-order chi connectivity index (χ1) is 20.7. The quantitative estimate of drug-likeness (QED) is 0.260. The van der Waals surface area contributed by atoms with Gasteiger partial charge >= 0.3 is 5.97 Å². The number of rotatable bonds is 15. The largest absolute Gasteiger partial charge is 0.508 e. The highest BCUT2D eigenvalue weighted by Crippen LogP contribution is 2.20. The van der Waals surface area contributed by atoms with Crippen LogP contribution in [0.4, 0.5) is 0 Å². The highest BCUT2D eigenvalue weighted by Gasteiger charge is 2.39. The van der Waals surface area contributed by atoms with Crippen LogP contribution >= 0.6 is 0 Å². The normalized spacial score (nSPS) is 14.5. The van der Waals surface area contributed by atoms with Gasteiger partial charge in [0.15, 0.2) is 0 Å². The van der Waals surface area contributed by atoms with E-state index in [1.165, 1.54) is 43.1 Å². The molecule has 0 saturated heterocycles. The van der Waals surface area contributed by atoms with Crippen LogP contribution in [0, 0.1) is 11.8 Å². The standard InChI is InChI=1S/C33H47N3O8/c1-9-21(4)29(38)30(39)34-28(20(2)3)32(41)35(5)26(18-22-10-14-24(37)15-11-22)31(40)36(6)27(33(42)44-8)19-23-12-16-25(43-7)17-13-23/h10-17,20-21,26-29,37-38H,9,18-19H2,1-8H3,(H,34,39)/t21-,26-,27+,28+,29-/m1/s1. The number of carbonyl (C=O) groups is 4. The summed E-state index contributed by atoms with van der Waals surface area (Å²) in [4.78, 5) is 56.5. The van der Waals surface area contributed by atoms with Crippen LogP contribution in [0.5, 0.6) is 11.5 Å². The van der Waals surface area contributed by atoms with Crippen molar-refractivity contribution in [2.24, 2.45) is 11.8 Å². The van der Waals surface area contributed by atoms with E-state index >= 15 is 0 Å². The summed E-state index contributed by atoms with van der Waals surface area (Å²) in [7, 11) is 5.75. The van der Waals surface area contributed by atoms with Crippen molar-refractivity contribution < 1.29 is 38.9 Å². The number of nitrogens with zero attached hydrogens (tertiary/aromatic N) is 2. The van der Waals surface area contributed by atoms with Crippen molar-refractivity contribution in [2.75, 3.05) is 28.3 Å². The Hall–Kier alpha value is -4.12. The van der Waals surface area contributed by atoms with Gasteiger partial charge in [-0.15, -0.1) is 0 Å². The number of ether oxygens (including phenoxy) is 2. The van der Waals surface area contributed by atoms with E-state index in [1.54, 1.807) is 64.3 Å². The molecule has 0 fully saturated rings. The second-order valence-electron chi connectivity index (χ2n) is 11.4. The number of phenolic OH excluding ortho intramolecular Hbond substituents is 1. The van der Waals surface area contributed by atoms with E-state index in [0.717, 1.165) is 5.56 Å². The molecular formula is C33H47N3O8. The molecule has 11 heteroatoms. The van der Waals surface area contributed by atoms with Crippen LogP contribution in [-0.2, 0) is 36.8 Å². The number of aliphatic hydroxyl groups excluding tert-OH is 1. The van der Waals surface area contributed by atoms with Crippen molar-refractivity contribution in [3.05, 3.63) is 59.7 Å². The second kappa shape index (κ2) is 16.7. The number of phenols is 1. The van der Waals surface area contributed by atoms with Gasteiger partial charge in [0.25, 0.3) is 0 Å². The number of hydrogen-bond acceptors (Lipinski definition) is 8. The molecule has 0 aliphatic carbocycles. The number of methoxy groups -OCH3 is 2. The Morgan fingerprint density at radius 2 is 1.32 bits per heavy atom. The molecule has 2 aromatic carbocycles. The van der Waals surface area contributed by atoms with Crippen molar-refractivity contribution in [1.29, 1.82) is 0 Å². The van der Waals surface area contributed by atoms with Gasteiger partial charge in [-0.25, -0.2) is 4.79 Å². The molecule has 44 heavy (non-hydrogen) atoms. The van der Waals surface area contributed by atoms with E-state index in [4.69, 9.17) is 9.47 Å². The maximum atomic E-state index is 14.2. The molecule has 3 N–H and O–H groups in total. The Balaban J connectivity index is 2.45. The van der Waals surface area contributed by atoms with Gasteiger partial charge in [-0.2, -0.15) is 0 Å². The Morgan fingerprint density at radius 1 is 0.818 bits per heavy atom. The first kappa shape index (κ1) is 36.1. The molecule has 0 saturated carbocycles. The van der Waals surface area contributed by atoms with Gasteiger partial charge in [-0.3, -0.25) is 14.4 Å². The van der Waals surface area contributed by atoms with E-state index in [-0.39, 0.29) is 30.4 Å². The Labute approximate surface area is 260 Å². The highest BCUT2D eigenvalue weighted by atomic mass is 16.5. The monoisotopic (exact) mass is 613 g/mol. The molecule has 0 aromatic heterocycles. The summed E-state index contributed by atoms with van der Waals surface area (Å²) in [5, 5.41) is 22.9. The molecule has 242 valence electrons. The van der Waals surface area contributed by atoms with Crippen molar-refractivity contribution in [2.45, 2.75) is 71.2 Å². The molecule has 0 radical (unpaired) electrons. The summed E-state index contributed by atoms with van der Waals surface area (Å²) in [5.41, 5.74) is 1.43. The number of esters is 1. The molecular weight excluding hydrogens is 566 g/mol. The second-order valence-corrected chi connectivity index (χ2v) is 11.4. The summed E-state index contributed by atoms with van der Waals surface area (Å²) in [6, 6.07) is 10.2. The summed E-state index contributed by atoms with van der Waals surface area (Å²) in [6.07, 6.45) is -0.502. The molecule has 0 aliphatic rings. The number of benzene rings is 2. The Bertz CT molecular complexity index is 1250. The van der Waals surface area contributed by atoms with E-state index in [2.05, 4.69) is 5.32 Å². The maximum Gasteiger partial charge on any atom is 0.328 e. The van der Waals surface area contributed by atoms with Gasteiger partial charge in [0.2, 0.25) is 17.7 Å². The lowest BCUT2D eigenvalue weighted by Gasteiger charge is -2.36. The summed E-state index contributed by atoms with van der Waals surface area (Å²) in [6.45, 7) is 7.12. The van der Waals surface area contributed by atoms with Gasteiger partial charge in [0.05, 0.1) is 14.2 Å². The minimum absolute atomic E-state index is 0.0471. The minimum Gasteiger partial charge on any atom is -0.508 e. The molecule has 0 unspecified atom stereocenters. The fourth-order valence-electron chi connectivity index (χ4n) is 4.74. The first-order valence-corrected chi connectivity index (χ1v) is 14.8. The predicted octanol–water partition coefficient (Wildman–Crippen LogP) is 2.56. The molecule has 11 nitrogen and oxygen atoms in total. The van der Waals surface area contributed by atoms with Crippen LogP contribution in [-0.4, -0.2) is 96.2 Å². The fourth-order valence-corrected chi connectivity index (χ4v) is 4.74. The number of amides is 3. The molecule has 5 atom stereocenters. The van der Waals surface area contributed by atoms with Crippen LogP contribution in [0.15, 0.2) is 48.5 Å². The molecule has 3 amide bonds. The van der Waals surface area contributed by atoms with Crippen LogP contribution < -0.4 is 10.1 Å². The average molecular weight is 614 g/mol. The van der Waals surface area contributed by atoms with Gasteiger partial charge in [-0.05, 0) is 47.2 Å². The molecule has 0 aliphatic heterocycles. The van der Waals surface area contributed by atoms with Crippen LogP contribution in [0.3, 0.4) is 0 Å². The minimum atomic E-state index is -1.29. The average Bonchev–Trinajstić information content (AvgIpc) is 3.03. The van der Waals surface area contributed by atoms with E-state index in [0.29, 0.717) is 17.7 Å². The van der Waals surface area contributed by atoms with Gasteiger partial charge < -0.3 is 34.8 Å². The van der Waals surface area contributed by atoms with Crippen molar-refractivity contribution >= 4 is 23.7 Å². The number of aliphatic hydroxyl groups is 1. The third-order valence-electron chi connectivity index (χ3n) is 8.02. The Morgan fingerprint density at radius 3 is 1.80 bits per heavy atom. The third-order valence-corrected chi connectivity index (χ3v) is 8.02. The summed E-state index contributed by atoms with van der Waals surface area (Å²) >= 11 is 0. The number of hydrogen-bond donors (Lipinski definition) is 3. The first-order valence-electron chi connectivity index (χ1n) is 14.8. The van der Waals surface area contributed by atoms with Gasteiger partial charge in [-0.1, -0.05) is 58.4 Å². The molecule has 0 spiro atoms. The number of aromatic hydroxyl groups is 1. The smallest absolute Gasteiger partial charge is 0.328 e. The van der Waals surface area contributed by atoms with E-state index in [1.807, 2.05) is 6.92 Å². The van der Waals surface area contributed by atoms with Crippen LogP contribution in [0.2, 0.25) is 0 Å². The number of likely N-dealkylation sites (N-methyl/N-ethyl adjacent to an activating group) is 2. The SMILES string of the molecule is CC[C@@H](C)[C@@H](O)C(=O)N[C@H](C(=O)N(C)[C@H](Cc1ccc(O)cc1)C(=O)N(C)[C@@H](Cc1ccc(OC)cc1)C(=O)OC)C(C)C. The molecule has 0 heterocycles. The fraction of sp³-hybridized carbons (Fsp3) is 0.515. The van der Waals surface area contributed by atoms with Gasteiger partial charge in [0, 0.05) is 26.9 Å². The van der Waals surface area contributed by atoms with Crippen molar-refractivity contribution in [1.82, 2.24) is 15.1 Å². The molecule has 0 bridgehead atoms.